The van der Waals surface area contributed by atoms with Gasteiger partial charge in [-0.05, 0) is 49.4 Å². The number of rotatable bonds is 4. The van der Waals surface area contributed by atoms with Crippen LogP contribution in [0.15, 0.2) is 29.1 Å². The molecule has 0 fully saturated rings. The molecule has 98 valence electrons. The first-order valence-corrected chi connectivity index (χ1v) is 6.99. The Hall–Kier alpha value is -0.820. The number of hydrogen-bond donors (Lipinski definition) is 1. The number of hydrogen-bond acceptors (Lipinski definition) is 3. The van der Waals surface area contributed by atoms with Crippen LogP contribution >= 0.6 is 22.6 Å². The van der Waals surface area contributed by atoms with E-state index in [4.69, 9.17) is 4.42 Å². The van der Waals surface area contributed by atoms with E-state index >= 15 is 0 Å². The summed E-state index contributed by atoms with van der Waals surface area (Å²) in [4.78, 5) is 0. The maximum atomic E-state index is 5.54. The van der Waals surface area contributed by atoms with E-state index in [1.54, 1.807) is 0 Å². The van der Waals surface area contributed by atoms with Crippen molar-refractivity contribution < 1.29 is 4.42 Å². The van der Waals surface area contributed by atoms with E-state index in [0.717, 1.165) is 15.9 Å². The average molecular weight is 359 g/mol. The monoisotopic (exact) mass is 359 g/mol. The second kappa shape index (κ2) is 5.44. The van der Waals surface area contributed by atoms with Gasteiger partial charge in [-0.25, -0.2) is 0 Å². The topological polar surface area (TPSA) is 43.0 Å². The minimum Gasteiger partial charge on any atom is -0.467 e. The lowest BCUT2D eigenvalue weighted by atomic mass is 10.1. The fourth-order valence-corrected chi connectivity index (χ4v) is 2.00. The Kier molecular flexibility index (Phi) is 4.11. The molecule has 2 aromatic rings. The Balaban J connectivity index is 1.94. The third kappa shape index (κ3) is 4.13. The van der Waals surface area contributed by atoms with E-state index in [2.05, 4.69) is 59.8 Å². The van der Waals surface area contributed by atoms with E-state index in [9.17, 15) is 0 Å². The molecule has 0 bridgehead atoms. The Morgan fingerprint density at radius 1 is 1.44 bits per heavy atom. The van der Waals surface area contributed by atoms with Gasteiger partial charge in [0.05, 0.1) is 22.6 Å². The largest absolute Gasteiger partial charge is 0.467 e. The van der Waals surface area contributed by atoms with E-state index in [0.29, 0.717) is 6.54 Å². The first-order valence-electron chi connectivity index (χ1n) is 5.92. The lowest BCUT2D eigenvalue weighted by Crippen LogP contribution is -2.34. The molecule has 0 saturated heterocycles. The van der Waals surface area contributed by atoms with Crippen molar-refractivity contribution in [2.24, 2.45) is 0 Å². The smallest absolute Gasteiger partial charge is 0.125 e. The molecular weight excluding hydrogens is 341 g/mol. The van der Waals surface area contributed by atoms with Gasteiger partial charge in [-0.1, -0.05) is 0 Å². The number of aromatic nitrogens is 2. The van der Waals surface area contributed by atoms with E-state index in [1.807, 2.05) is 23.3 Å². The maximum absolute atomic E-state index is 5.54. The number of nitrogens with zero attached hydrogens (tertiary/aromatic N) is 2. The molecule has 0 amide bonds. The molecular formula is C13H18IN3O. The van der Waals surface area contributed by atoms with Gasteiger partial charge in [-0.2, -0.15) is 5.10 Å². The highest BCUT2D eigenvalue weighted by molar-refractivity contribution is 14.1. The summed E-state index contributed by atoms with van der Waals surface area (Å²) in [5.74, 6) is 0.931. The summed E-state index contributed by atoms with van der Waals surface area (Å²) in [5.41, 5.74) is 1.29. The molecule has 0 atom stereocenters. The van der Waals surface area contributed by atoms with Gasteiger partial charge in [0.25, 0.3) is 0 Å². The zero-order valence-electron chi connectivity index (χ0n) is 10.9. The Morgan fingerprint density at radius 2 is 2.22 bits per heavy atom. The molecule has 0 unspecified atom stereocenters. The van der Waals surface area contributed by atoms with Crippen LogP contribution in [0, 0.1) is 3.57 Å². The van der Waals surface area contributed by atoms with Gasteiger partial charge in [0.2, 0.25) is 0 Å². The molecule has 2 rings (SSSR count). The van der Waals surface area contributed by atoms with Crippen molar-refractivity contribution in [1.82, 2.24) is 15.1 Å². The molecule has 0 spiro atoms. The van der Waals surface area contributed by atoms with Crippen molar-refractivity contribution in [2.75, 3.05) is 0 Å². The van der Waals surface area contributed by atoms with Crippen LogP contribution in [-0.2, 0) is 13.1 Å². The minimum absolute atomic E-state index is 0.121. The molecule has 0 radical (unpaired) electrons. The molecule has 0 saturated carbocycles. The highest BCUT2D eigenvalue weighted by Crippen LogP contribution is 2.11. The first-order chi connectivity index (χ1) is 8.42. The van der Waals surface area contributed by atoms with Crippen molar-refractivity contribution in [3.8, 4) is 0 Å². The van der Waals surface area contributed by atoms with Gasteiger partial charge in [0.15, 0.2) is 0 Å². The zero-order valence-corrected chi connectivity index (χ0v) is 13.1. The fraction of sp³-hybridized carbons (Fsp3) is 0.462. The Morgan fingerprint density at radius 3 is 2.83 bits per heavy atom. The summed E-state index contributed by atoms with van der Waals surface area (Å²) in [6.45, 7) is 7.96. The molecule has 0 aromatic carbocycles. The van der Waals surface area contributed by atoms with Crippen LogP contribution in [0.3, 0.4) is 0 Å². The molecule has 5 heteroatoms. The van der Waals surface area contributed by atoms with E-state index < -0.39 is 0 Å². The zero-order chi connectivity index (χ0) is 13.2. The van der Waals surface area contributed by atoms with Crippen LogP contribution in [0.5, 0.6) is 0 Å². The predicted octanol–water partition coefficient (Wildman–Crippen LogP) is 3.02. The second-order valence-corrected chi connectivity index (χ2v) is 6.63. The first kappa shape index (κ1) is 13.6. The molecule has 1 N–H and O–H groups in total. The number of halogens is 1. The van der Waals surface area contributed by atoms with Crippen molar-refractivity contribution in [3.63, 3.8) is 0 Å². The van der Waals surface area contributed by atoms with Gasteiger partial charge < -0.3 is 9.73 Å². The summed E-state index contributed by atoms with van der Waals surface area (Å²) >= 11 is 2.25. The summed E-state index contributed by atoms with van der Waals surface area (Å²) in [5, 5.41) is 7.67. The van der Waals surface area contributed by atoms with Crippen molar-refractivity contribution in [2.45, 2.75) is 39.4 Å². The van der Waals surface area contributed by atoms with Crippen molar-refractivity contribution in [1.29, 1.82) is 0 Å². The molecule has 0 aliphatic carbocycles. The third-order valence-corrected chi connectivity index (χ3v) is 3.01. The number of furan rings is 1. The fourth-order valence-electron chi connectivity index (χ4n) is 1.55. The van der Waals surface area contributed by atoms with Crippen LogP contribution < -0.4 is 5.32 Å². The summed E-state index contributed by atoms with van der Waals surface area (Å²) in [6, 6.07) is 2.08. The summed E-state index contributed by atoms with van der Waals surface area (Å²) < 4.78 is 8.55. The van der Waals surface area contributed by atoms with Crippen LogP contribution in [0.25, 0.3) is 0 Å². The maximum Gasteiger partial charge on any atom is 0.125 e. The predicted molar refractivity (Wildman–Crippen MR) is 79.3 cm³/mol. The van der Waals surface area contributed by atoms with Crippen LogP contribution in [-0.4, -0.2) is 15.3 Å². The molecule has 4 nitrogen and oxygen atoms in total. The average Bonchev–Trinajstić information content (AvgIpc) is 2.85. The molecule has 0 aliphatic rings. The van der Waals surface area contributed by atoms with E-state index in [1.165, 1.54) is 5.56 Å². The minimum atomic E-state index is 0.121. The Bertz CT molecular complexity index is 510. The summed E-state index contributed by atoms with van der Waals surface area (Å²) in [7, 11) is 0. The van der Waals surface area contributed by atoms with Gasteiger partial charge in [0, 0.05) is 23.8 Å². The van der Waals surface area contributed by atoms with Crippen LogP contribution in [0.1, 0.15) is 32.1 Å². The van der Waals surface area contributed by atoms with Gasteiger partial charge in [-0.3, -0.25) is 4.68 Å². The lowest BCUT2D eigenvalue weighted by molar-refractivity contribution is 0.422. The van der Waals surface area contributed by atoms with E-state index in [-0.39, 0.29) is 5.54 Å². The second-order valence-electron chi connectivity index (χ2n) is 5.38. The van der Waals surface area contributed by atoms with Crippen molar-refractivity contribution >= 4 is 22.6 Å². The SMILES string of the molecule is CC(C)(C)NCc1coc(Cn2cc(I)cn2)c1. The highest BCUT2D eigenvalue weighted by atomic mass is 127. The van der Waals surface area contributed by atoms with Gasteiger partial charge in [0.1, 0.15) is 5.76 Å². The Labute approximate surface area is 121 Å². The lowest BCUT2D eigenvalue weighted by Gasteiger charge is -2.19. The summed E-state index contributed by atoms with van der Waals surface area (Å²) in [6.07, 6.45) is 5.64. The third-order valence-electron chi connectivity index (χ3n) is 2.45. The van der Waals surface area contributed by atoms with Gasteiger partial charge >= 0.3 is 0 Å². The molecule has 2 heterocycles. The quantitative estimate of drug-likeness (QED) is 0.854. The van der Waals surface area contributed by atoms with Crippen molar-refractivity contribution in [3.05, 3.63) is 39.6 Å². The van der Waals surface area contributed by atoms with Crippen LogP contribution in [0.4, 0.5) is 0 Å². The number of nitrogens with one attached hydrogen (secondary N) is 1. The molecule has 0 aliphatic heterocycles. The normalized spacial score (nSPS) is 12.0. The van der Waals surface area contributed by atoms with Gasteiger partial charge in [-0.15, -0.1) is 0 Å². The standard InChI is InChI=1S/C13H18IN3O/c1-13(2,3)15-5-10-4-12(18-9-10)8-17-7-11(14)6-16-17/h4,6-7,9,15H,5,8H2,1-3H3. The highest BCUT2D eigenvalue weighted by Gasteiger charge is 2.10. The molecule has 2 aromatic heterocycles. The molecule has 18 heavy (non-hydrogen) atoms. The van der Waals surface area contributed by atoms with Crippen LogP contribution in [0.2, 0.25) is 0 Å².